The minimum absolute atomic E-state index is 0.179. The predicted molar refractivity (Wildman–Crippen MR) is 106 cm³/mol. The summed E-state index contributed by atoms with van der Waals surface area (Å²) in [6.45, 7) is 0. The van der Waals surface area contributed by atoms with E-state index in [-0.39, 0.29) is 48.1 Å². The molecule has 2 fully saturated rings. The van der Waals surface area contributed by atoms with Gasteiger partial charge in [-0.15, -0.1) is 0 Å². The van der Waals surface area contributed by atoms with Crippen molar-refractivity contribution in [2.45, 2.75) is 56.7 Å². The van der Waals surface area contributed by atoms with E-state index < -0.39 is 28.0 Å². The Hall–Kier alpha value is -2.73. The largest absolute Gasteiger partial charge is 0.474 e. The number of carbonyl (C=O) groups is 3. The molecular formula is C18H25N5O6S. The van der Waals surface area contributed by atoms with Gasteiger partial charge in [-0.25, -0.2) is 23.3 Å². The second-order valence-electron chi connectivity index (χ2n) is 7.49. The number of nitrogens with two attached hydrogens (primary N) is 2. The molecule has 0 spiro atoms. The predicted octanol–water partition coefficient (Wildman–Crippen LogP) is -0.140. The summed E-state index contributed by atoms with van der Waals surface area (Å²) in [7, 11) is -3.61. The average molecular weight is 439 g/mol. The summed E-state index contributed by atoms with van der Waals surface area (Å²) in [6, 6.07) is 1.67. The smallest absolute Gasteiger partial charge is 0.325 e. The third kappa shape index (κ3) is 5.25. The number of urea groups is 1. The van der Waals surface area contributed by atoms with Gasteiger partial charge >= 0.3 is 6.03 Å². The molecule has 2 aliphatic rings. The van der Waals surface area contributed by atoms with E-state index in [9.17, 15) is 22.8 Å². The van der Waals surface area contributed by atoms with Crippen LogP contribution in [0.2, 0.25) is 0 Å². The van der Waals surface area contributed by atoms with Crippen LogP contribution in [-0.4, -0.2) is 60.1 Å². The highest BCUT2D eigenvalue weighted by atomic mass is 32.2. The molecule has 1 unspecified atom stereocenters. The average Bonchev–Trinajstić information content (AvgIpc) is 2.95. The highest BCUT2D eigenvalue weighted by Crippen LogP contribution is 2.29. The van der Waals surface area contributed by atoms with E-state index in [4.69, 9.17) is 15.6 Å². The first kappa shape index (κ1) is 22.0. The number of ether oxygens (including phenoxy) is 1. The molecule has 12 heteroatoms. The van der Waals surface area contributed by atoms with Crippen LogP contribution in [0.25, 0.3) is 0 Å². The number of hydrogen-bond donors (Lipinski definition) is 3. The van der Waals surface area contributed by atoms with E-state index in [1.807, 2.05) is 0 Å². The van der Waals surface area contributed by atoms with Gasteiger partial charge < -0.3 is 15.8 Å². The number of primary amides is 1. The maximum absolute atomic E-state index is 12.6. The lowest BCUT2D eigenvalue weighted by Gasteiger charge is -2.33. The summed E-state index contributed by atoms with van der Waals surface area (Å²) in [5, 5.41) is 7.59. The van der Waals surface area contributed by atoms with Gasteiger partial charge in [-0.3, -0.25) is 14.5 Å². The van der Waals surface area contributed by atoms with Crippen molar-refractivity contribution in [3.8, 4) is 5.88 Å². The molecule has 1 aromatic rings. The van der Waals surface area contributed by atoms with E-state index >= 15 is 0 Å². The van der Waals surface area contributed by atoms with Gasteiger partial charge in [-0.05, 0) is 50.7 Å². The Morgan fingerprint density at radius 3 is 2.60 bits per heavy atom. The number of aromatic nitrogens is 1. The molecule has 3 rings (SSSR count). The van der Waals surface area contributed by atoms with Gasteiger partial charge in [0.15, 0.2) is 0 Å². The first-order valence-corrected chi connectivity index (χ1v) is 11.4. The fourth-order valence-electron chi connectivity index (χ4n) is 3.83. The number of hydrogen-bond acceptors (Lipinski definition) is 7. The molecule has 1 saturated heterocycles. The van der Waals surface area contributed by atoms with Crippen LogP contribution in [0.1, 0.15) is 48.9 Å². The number of rotatable bonds is 8. The molecule has 5 N–H and O–H groups in total. The zero-order valence-electron chi connectivity index (χ0n) is 16.3. The van der Waals surface area contributed by atoms with Crippen LogP contribution in [0.5, 0.6) is 5.88 Å². The summed E-state index contributed by atoms with van der Waals surface area (Å²) < 4.78 is 27.9. The molecule has 2 heterocycles. The standard InChI is InChI=1S/C18H25N5O6S/c19-15(24)13-3-1-9-21-16(13)29-12-7-5-11(6-8-12)23-17(25)14(22-18(23)26)4-2-10-30(20,27)28/h1,3,9,11-12,14H,2,4-8,10H2,(H2,19,24)(H,22,26)(H2,20,27,28)/t11-,12-,14?. The van der Waals surface area contributed by atoms with Gasteiger partial charge in [0.25, 0.3) is 11.8 Å². The fraction of sp³-hybridized carbons (Fsp3) is 0.556. The SMILES string of the molecule is NC(=O)c1cccnc1O[C@H]1CC[C@H](N2C(=O)NC(CCCS(N)(=O)=O)C2=O)CC1. The van der Waals surface area contributed by atoms with Crippen molar-refractivity contribution in [3.05, 3.63) is 23.9 Å². The number of sulfonamides is 1. The maximum Gasteiger partial charge on any atom is 0.325 e. The normalized spacial score (nSPS) is 24.6. The summed E-state index contributed by atoms with van der Waals surface area (Å²) in [5.41, 5.74) is 5.54. The molecule has 1 aliphatic carbocycles. The number of carbonyl (C=O) groups excluding carboxylic acids is 3. The van der Waals surface area contributed by atoms with Gasteiger partial charge in [-0.2, -0.15) is 0 Å². The topological polar surface area (TPSA) is 175 Å². The van der Waals surface area contributed by atoms with Crippen LogP contribution in [0.3, 0.4) is 0 Å². The van der Waals surface area contributed by atoms with Crippen LogP contribution in [0, 0.1) is 0 Å². The lowest BCUT2D eigenvalue weighted by Crippen LogP contribution is -2.44. The molecule has 1 aromatic heterocycles. The Bertz CT molecular complexity index is 929. The molecule has 4 amide bonds. The fourth-order valence-corrected chi connectivity index (χ4v) is 4.40. The zero-order chi connectivity index (χ0) is 21.9. The molecule has 30 heavy (non-hydrogen) atoms. The summed E-state index contributed by atoms with van der Waals surface area (Å²) in [5.74, 6) is -1.03. The minimum Gasteiger partial charge on any atom is -0.474 e. The molecule has 0 aromatic carbocycles. The van der Waals surface area contributed by atoms with Crippen molar-refractivity contribution in [2.24, 2.45) is 10.9 Å². The molecule has 11 nitrogen and oxygen atoms in total. The molecule has 164 valence electrons. The van der Waals surface area contributed by atoms with Crippen LogP contribution in [0.15, 0.2) is 18.3 Å². The summed E-state index contributed by atoms with van der Waals surface area (Å²) in [6.07, 6.45) is 3.96. The van der Waals surface area contributed by atoms with Crippen molar-refractivity contribution >= 4 is 27.9 Å². The maximum atomic E-state index is 12.6. The van der Waals surface area contributed by atoms with Gasteiger partial charge in [0, 0.05) is 12.2 Å². The van der Waals surface area contributed by atoms with Gasteiger partial charge in [-0.1, -0.05) is 0 Å². The third-order valence-electron chi connectivity index (χ3n) is 5.30. The van der Waals surface area contributed by atoms with Gasteiger partial charge in [0.05, 0.1) is 5.75 Å². The van der Waals surface area contributed by atoms with E-state index in [1.165, 1.54) is 11.1 Å². The monoisotopic (exact) mass is 439 g/mol. The number of primary sulfonamides is 1. The first-order valence-electron chi connectivity index (χ1n) is 9.71. The van der Waals surface area contributed by atoms with Gasteiger partial charge in [0.1, 0.15) is 17.7 Å². The number of nitrogens with one attached hydrogen (secondary N) is 1. The second-order valence-corrected chi connectivity index (χ2v) is 9.22. The molecular weight excluding hydrogens is 414 g/mol. The van der Waals surface area contributed by atoms with Crippen LogP contribution in [-0.2, 0) is 14.8 Å². The van der Waals surface area contributed by atoms with Crippen molar-refractivity contribution < 1.29 is 27.5 Å². The molecule has 1 atom stereocenters. The first-order chi connectivity index (χ1) is 14.2. The van der Waals surface area contributed by atoms with Crippen molar-refractivity contribution in [1.29, 1.82) is 0 Å². The molecule has 1 aliphatic heterocycles. The van der Waals surface area contributed by atoms with E-state index in [0.29, 0.717) is 25.7 Å². The third-order valence-corrected chi connectivity index (χ3v) is 6.16. The highest BCUT2D eigenvalue weighted by Gasteiger charge is 2.43. The summed E-state index contributed by atoms with van der Waals surface area (Å²) in [4.78, 5) is 41.7. The van der Waals surface area contributed by atoms with E-state index in [2.05, 4.69) is 10.3 Å². The number of amides is 4. The highest BCUT2D eigenvalue weighted by molar-refractivity contribution is 7.89. The summed E-state index contributed by atoms with van der Waals surface area (Å²) >= 11 is 0. The number of imide groups is 1. The Kier molecular flexibility index (Phi) is 6.56. The van der Waals surface area contributed by atoms with Crippen molar-refractivity contribution in [2.75, 3.05) is 5.75 Å². The molecule has 1 saturated carbocycles. The number of pyridine rings is 1. The van der Waals surface area contributed by atoms with Crippen molar-refractivity contribution in [1.82, 2.24) is 15.2 Å². The van der Waals surface area contributed by atoms with Crippen LogP contribution in [0.4, 0.5) is 4.79 Å². The van der Waals surface area contributed by atoms with Crippen molar-refractivity contribution in [3.63, 3.8) is 0 Å². The lowest BCUT2D eigenvalue weighted by atomic mass is 9.91. The van der Waals surface area contributed by atoms with E-state index in [1.54, 1.807) is 12.1 Å². The van der Waals surface area contributed by atoms with Crippen LogP contribution >= 0.6 is 0 Å². The molecule has 0 bridgehead atoms. The molecule has 0 radical (unpaired) electrons. The Labute approximate surface area is 174 Å². The zero-order valence-corrected chi connectivity index (χ0v) is 17.1. The lowest BCUT2D eigenvalue weighted by molar-refractivity contribution is -0.129. The Morgan fingerprint density at radius 1 is 1.27 bits per heavy atom. The second kappa shape index (κ2) is 8.96. The Morgan fingerprint density at radius 2 is 1.97 bits per heavy atom. The Balaban J connectivity index is 1.54. The minimum atomic E-state index is -3.61. The van der Waals surface area contributed by atoms with Crippen LogP contribution < -0.4 is 20.9 Å². The van der Waals surface area contributed by atoms with Gasteiger partial charge in [0.2, 0.25) is 15.9 Å². The van der Waals surface area contributed by atoms with E-state index in [0.717, 1.165) is 0 Å². The quantitative estimate of drug-likeness (QED) is 0.472. The number of nitrogens with zero attached hydrogens (tertiary/aromatic N) is 2.